The molecule has 2 N–H and O–H groups in total. The molecule has 160 valence electrons. The van der Waals surface area contributed by atoms with E-state index in [4.69, 9.17) is 9.05 Å². The molecule has 7 nitrogen and oxygen atoms in total. The standard InChI is InChI=1S/C22H27N2O5P/c1-4-28-30(27,29-5-2)16-23-22(26)20(15-18-13-11-17(3)12-14-18)24-21(25)19-9-7-6-8-10-19/h6-15H,4-5,16H2,1-3H3,(H,23,26)(H,24,25)/b20-15+. The molecule has 30 heavy (non-hydrogen) atoms. The lowest BCUT2D eigenvalue weighted by molar-refractivity contribution is -0.117. The Morgan fingerprint density at radius 1 is 0.967 bits per heavy atom. The van der Waals surface area contributed by atoms with Crippen LogP contribution in [0.4, 0.5) is 0 Å². The summed E-state index contributed by atoms with van der Waals surface area (Å²) in [5, 5.41) is 5.18. The summed E-state index contributed by atoms with van der Waals surface area (Å²) in [6.07, 6.45) is 1.25. The highest BCUT2D eigenvalue weighted by molar-refractivity contribution is 7.53. The fourth-order valence-corrected chi connectivity index (χ4v) is 3.94. The molecule has 2 aromatic rings. The lowest BCUT2D eigenvalue weighted by Gasteiger charge is -2.18. The number of carbonyl (C=O) groups excluding carboxylic acids is 2. The van der Waals surface area contributed by atoms with Crippen LogP contribution in [0.5, 0.6) is 0 Å². The molecule has 0 atom stereocenters. The Bertz CT molecular complexity index is 916. The maximum Gasteiger partial charge on any atom is 0.349 e. The van der Waals surface area contributed by atoms with Gasteiger partial charge in [-0.25, -0.2) is 0 Å². The van der Waals surface area contributed by atoms with Gasteiger partial charge in [-0.2, -0.15) is 0 Å². The summed E-state index contributed by atoms with van der Waals surface area (Å²) in [6, 6.07) is 16.0. The van der Waals surface area contributed by atoms with Crippen LogP contribution in [-0.4, -0.2) is 31.3 Å². The van der Waals surface area contributed by atoms with Crippen molar-refractivity contribution < 1.29 is 23.2 Å². The molecule has 0 bridgehead atoms. The second kappa shape index (κ2) is 11.5. The van der Waals surface area contributed by atoms with Gasteiger partial charge in [0, 0.05) is 5.56 Å². The fourth-order valence-electron chi connectivity index (χ4n) is 2.56. The Morgan fingerprint density at radius 3 is 2.13 bits per heavy atom. The number of carbonyl (C=O) groups is 2. The molecule has 2 amide bonds. The number of benzene rings is 2. The largest absolute Gasteiger partial charge is 0.349 e. The van der Waals surface area contributed by atoms with Gasteiger partial charge in [-0.05, 0) is 44.5 Å². The van der Waals surface area contributed by atoms with E-state index in [1.807, 2.05) is 31.2 Å². The summed E-state index contributed by atoms with van der Waals surface area (Å²) in [7, 11) is -3.47. The Kier molecular flexibility index (Phi) is 8.99. The van der Waals surface area contributed by atoms with Gasteiger partial charge >= 0.3 is 7.60 Å². The smallest absolute Gasteiger partial charge is 0.339 e. The molecule has 0 saturated carbocycles. The monoisotopic (exact) mass is 430 g/mol. The van der Waals surface area contributed by atoms with Crippen molar-refractivity contribution in [2.75, 3.05) is 19.5 Å². The minimum atomic E-state index is -3.47. The lowest BCUT2D eigenvalue weighted by Crippen LogP contribution is -2.35. The van der Waals surface area contributed by atoms with Crippen LogP contribution in [0.15, 0.2) is 60.3 Å². The van der Waals surface area contributed by atoms with Crippen molar-refractivity contribution in [3.63, 3.8) is 0 Å². The van der Waals surface area contributed by atoms with E-state index in [2.05, 4.69) is 10.6 Å². The molecule has 0 aliphatic rings. The van der Waals surface area contributed by atoms with Crippen molar-refractivity contribution in [3.8, 4) is 0 Å². The van der Waals surface area contributed by atoms with E-state index in [1.165, 1.54) is 0 Å². The van der Waals surface area contributed by atoms with E-state index >= 15 is 0 Å². The molecule has 8 heteroatoms. The Hall–Kier alpha value is -2.73. The van der Waals surface area contributed by atoms with Crippen LogP contribution in [0, 0.1) is 6.92 Å². The molecule has 2 rings (SSSR count). The maximum absolute atomic E-state index is 12.8. The lowest BCUT2D eigenvalue weighted by atomic mass is 10.1. The average molecular weight is 430 g/mol. The van der Waals surface area contributed by atoms with Gasteiger partial charge in [0.05, 0.1) is 13.2 Å². The third kappa shape index (κ3) is 7.26. The van der Waals surface area contributed by atoms with Gasteiger partial charge in [0.15, 0.2) is 0 Å². The summed E-state index contributed by atoms with van der Waals surface area (Å²) < 4.78 is 23.0. The van der Waals surface area contributed by atoms with Crippen molar-refractivity contribution >= 4 is 25.5 Å². The first kappa shape index (κ1) is 23.5. The Balaban J connectivity index is 2.23. The first-order chi connectivity index (χ1) is 14.4. The third-order valence-corrected chi connectivity index (χ3v) is 5.85. The molecule has 0 radical (unpaired) electrons. The first-order valence-electron chi connectivity index (χ1n) is 9.68. The molecule has 0 aliphatic carbocycles. The zero-order chi connectivity index (χ0) is 22.0. The third-order valence-electron chi connectivity index (χ3n) is 4.00. The number of hydrogen-bond acceptors (Lipinski definition) is 5. The molecule has 0 aromatic heterocycles. The number of hydrogen-bond donors (Lipinski definition) is 2. The SMILES string of the molecule is CCOP(=O)(CNC(=O)/C(=C\c1ccc(C)cc1)NC(=O)c1ccccc1)OCC. The average Bonchev–Trinajstić information content (AvgIpc) is 2.74. The van der Waals surface area contributed by atoms with Crippen molar-refractivity contribution in [2.24, 2.45) is 0 Å². The van der Waals surface area contributed by atoms with Crippen LogP contribution in [0.3, 0.4) is 0 Å². The second-order valence-electron chi connectivity index (χ2n) is 6.40. The molecule has 0 unspecified atom stereocenters. The van der Waals surface area contributed by atoms with Gasteiger partial charge in [0.25, 0.3) is 11.8 Å². The highest BCUT2D eigenvalue weighted by Gasteiger charge is 2.25. The fraction of sp³-hybridized carbons (Fsp3) is 0.273. The predicted octanol–water partition coefficient (Wildman–Crippen LogP) is 4.11. The zero-order valence-electron chi connectivity index (χ0n) is 17.4. The number of aryl methyl sites for hydroxylation is 1. The van der Waals surface area contributed by atoms with Crippen LogP contribution in [0.25, 0.3) is 6.08 Å². The van der Waals surface area contributed by atoms with E-state index in [0.29, 0.717) is 5.56 Å². The zero-order valence-corrected chi connectivity index (χ0v) is 18.3. The van der Waals surface area contributed by atoms with Crippen LogP contribution in [0.1, 0.15) is 35.3 Å². The van der Waals surface area contributed by atoms with E-state index in [9.17, 15) is 14.2 Å². The number of amides is 2. The summed E-state index contributed by atoms with van der Waals surface area (Å²) in [5.74, 6) is -1.03. The molecule has 0 heterocycles. The van der Waals surface area contributed by atoms with Crippen molar-refractivity contribution in [1.82, 2.24) is 10.6 Å². The summed E-state index contributed by atoms with van der Waals surface area (Å²) in [4.78, 5) is 25.4. The normalized spacial score (nSPS) is 11.8. The molecule has 0 saturated heterocycles. The molecule has 0 fully saturated rings. The highest BCUT2D eigenvalue weighted by Crippen LogP contribution is 2.46. The first-order valence-corrected chi connectivity index (χ1v) is 11.4. The number of nitrogens with one attached hydrogen (secondary N) is 2. The van der Waals surface area contributed by atoms with Crippen LogP contribution in [-0.2, 0) is 18.4 Å². The van der Waals surface area contributed by atoms with E-state index in [0.717, 1.165) is 11.1 Å². The molecule has 0 aliphatic heterocycles. The molecule has 0 spiro atoms. The van der Waals surface area contributed by atoms with Crippen LogP contribution < -0.4 is 10.6 Å². The summed E-state index contributed by atoms with van der Waals surface area (Å²) in [5.41, 5.74) is 2.24. The minimum Gasteiger partial charge on any atom is -0.339 e. The van der Waals surface area contributed by atoms with Crippen molar-refractivity contribution in [2.45, 2.75) is 20.8 Å². The topological polar surface area (TPSA) is 93.7 Å². The van der Waals surface area contributed by atoms with E-state index in [1.54, 1.807) is 50.3 Å². The van der Waals surface area contributed by atoms with Gasteiger partial charge < -0.3 is 19.7 Å². The minimum absolute atomic E-state index is 0.0206. The Labute approximate surface area is 177 Å². The molecular formula is C22H27N2O5P. The van der Waals surface area contributed by atoms with E-state index in [-0.39, 0.29) is 25.2 Å². The van der Waals surface area contributed by atoms with Crippen molar-refractivity contribution in [3.05, 3.63) is 77.0 Å². The Morgan fingerprint density at radius 2 is 1.57 bits per heavy atom. The molecular weight excluding hydrogens is 403 g/mol. The quantitative estimate of drug-likeness (QED) is 0.437. The molecule has 2 aromatic carbocycles. The highest BCUT2D eigenvalue weighted by atomic mass is 31.2. The van der Waals surface area contributed by atoms with Gasteiger partial charge in [-0.3, -0.25) is 14.2 Å². The van der Waals surface area contributed by atoms with E-state index < -0.39 is 19.4 Å². The van der Waals surface area contributed by atoms with Gasteiger partial charge in [-0.1, -0.05) is 48.0 Å². The summed E-state index contributed by atoms with van der Waals surface area (Å²) >= 11 is 0. The van der Waals surface area contributed by atoms with Gasteiger partial charge in [0.2, 0.25) is 0 Å². The number of rotatable bonds is 10. The summed E-state index contributed by atoms with van der Waals surface area (Å²) in [6.45, 7) is 5.71. The second-order valence-corrected chi connectivity index (χ2v) is 8.45. The van der Waals surface area contributed by atoms with Crippen LogP contribution in [0.2, 0.25) is 0 Å². The van der Waals surface area contributed by atoms with Crippen LogP contribution >= 0.6 is 7.60 Å². The van der Waals surface area contributed by atoms with Crippen molar-refractivity contribution in [1.29, 1.82) is 0 Å². The van der Waals surface area contributed by atoms with Gasteiger partial charge in [0.1, 0.15) is 12.0 Å². The van der Waals surface area contributed by atoms with Gasteiger partial charge in [-0.15, -0.1) is 0 Å². The maximum atomic E-state index is 12.8. The predicted molar refractivity (Wildman–Crippen MR) is 117 cm³/mol.